The lowest BCUT2D eigenvalue weighted by molar-refractivity contribution is -0.136. The van der Waals surface area contributed by atoms with E-state index in [9.17, 15) is 17.6 Å². The number of piperidine rings is 1. The van der Waals surface area contributed by atoms with Gasteiger partial charge in [-0.2, -0.15) is 0 Å². The number of carbonyl (C=O) groups excluding carboxylic acids is 1. The van der Waals surface area contributed by atoms with Gasteiger partial charge in [0.25, 0.3) is 0 Å². The number of amides is 1. The van der Waals surface area contributed by atoms with Gasteiger partial charge in [-0.3, -0.25) is 4.79 Å². The van der Waals surface area contributed by atoms with Gasteiger partial charge in [0.2, 0.25) is 15.9 Å². The monoisotopic (exact) mass is 344 g/mol. The molecule has 1 aromatic carbocycles. The van der Waals surface area contributed by atoms with E-state index in [-0.39, 0.29) is 23.5 Å². The van der Waals surface area contributed by atoms with Gasteiger partial charge in [0, 0.05) is 26.2 Å². The standard InChI is InChI=1S/C15H21FN2O4S/c1-11-3-4-14(13(16)9-11)23(20,21)17-12-5-7-18(8-6-12)15(19)10-22-2/h3-4,9,12,17H,5-8,10H2,1-2H3. The van der Waals surface area contributed by atoms with Crippen molar-refractivity contribution in [3.63, 3.8) is 0 Å². The number of sulfonamides is 1. The van der Waals surface area contributed by atoms with Crippen LogP contribution in [0.1, 0.15) is 18.4 Å². The number of ether oxygens (including phenoxy) is 1. The van der Waals surface area contributed by atoms with E-state index in [2.05, 4.69) is 4.72 Å². The highest BCUT2D eigenvalue weighted by Gasteiger charge is 2.27. The van der Waals surface area contributed by atoms with Crippen molar-refractivity contribution in [2.75, 3.05) is 26.8 Å². The van der Waals surface area contributed by atoms with Crippen LogP contribution in [0.4, 0.5) is 4.39 Å². The van der Waals surface area contributed by atoms with Gasteiger partial charge in [-0.15, -0.1) is 0 Å². The number of methoxy groups -OCH3 is 1. The molecule has 0 radical (unpaired) electrons. The van der Waals surface area contributed by atoms with E-state index >= 15 is 0 Å². The fourth-order valence-electron chi connectivity index (χ4n) is 2.57. The van der Waals surface area contributed by atoms with Gasteiger partial charge in [0.15, 0.2) is 0 Å². The van der Waals surface area contributed by atoms with Gasteiger partial charge < -0.3 is 9.64 Å². The van der Waals surface area contributed by atoms with Gasteiger partial charge in [0.1, 0.15) is 17.3 Å². The number of benzene rings is 1. The molecule has 1 fully saturated rings. The number of likely N-dealkylation sites (tertiary alicyclic amines) is 1. The fourth-order valence-corrected chi connectivity index (χ4v) is 3.93. The Morgan fingerprint density at radius 1 is 1.39 bits per heavy atom. The zero-order chi connectivity index (χ0) is 17.0. The zero-order valence-corrected chi connectivity index (χ0v) is 14.0. The van der Waals surface area contributed by atoms with E-state index < -0.39 is 15.8 Å². The van der Waals surface area contributed by atoms with E-state index in [0.717, 1.165) is 0 Å². The topological polar surface area (TPSA) is 75.7 Å². The van der Waals surface area contributed by atoms with Crippen molar-refractivity contribution in [1.82, 2.24) is 9.62 Å². The Hall–Kier alpha value is -1.51. The van der Waals surface area contributed by atoms with E-state index in [1.807, 2.05) is 0 Å². The highest BCUT2D eigenvalue weighted by atomic mass is 32.2. The number of halogens is 1. The summed E-state index contributed by atoms with van der Waals surface area (Å²) in [6, 6.07) is 3.71. The number of nitrogens with zero attached hydrogens (tertiary/aromatic N) is 1. The predicted molar refractivity (Wildman–Crippen MR) is 82.9 cm³/mol. The van der Waals surface area contributed by atoms with Crippen LogP contribution in [0.2, 0.25) is 0 Å². The minimum atomic E-state index is -3.91. The molecule has 8 heteroatoms. The first-order valence-corrected chi connectivity index (χ1v) is 8.87. The Bertz CT molecular complexity index is 670. The molecule has 1 N–H and O–H groups in total. The van der Waals surface area contributed by atoms with Crippen LogP contribution in [0.15, 0.2) is 23.1 Å². The number of nitrogens with one attached hydrogen (secondary N) is 1. The van der Waals surface area contributed by atoms with Crippen molar-refractivity contribution in [2.45, 2.75) is 30.7 Å². The summed E-state index contributed by atoms with van der Waals surface area (Å²) in [6.45, 7) is 2.61. The van der Waals surface area contributed by atoms with Crippen LogP contribution in [-0.2, 0) is 19.6 Å². The first kappa shape index (κ1) is 17.8. The summed E-state index contributed by atoms with van der Waals surface area (Å²) in [5.41, 5.74) is 0.659. The van der Waals surface area contributed by atoms with E-state index in [0.29, 0.717) is 31.5 Å². The van der Waals surface area contributed by atoms with E-state index in [1.54, 1.807) is 17.9 Å². The van der Waals surface area contributed by atoms with Gasteiger partial charge in [-0.25, -0.2) is 17.5 Å². The molecule has 23 heavy (non-hydrogen) atoms. The van der Waals surface area contributed by atoms with Gasteiger partial charge >= 0.3 is 0 Å². The van der Waals surface area contributed by atoms with Crippen LogP contribution < -0.4 is 4.72 Å². The van der Waals surface area contributed by atoms with Crippen molar-refractivity contribution < 1.29 is 22.3 Å². The molecular formula is C15H21FN2O4S. The quantitative estimate of drug-likeness (QED) is 0.866. The second-order valence-electron chi connectivity index (χ2n) is 5.64. The van der Waals surface area contributed by atoms with E-state index in [1.165, 1.54) is 19.2 Å². The molecule has 0 saturated carbocycles. The molecule has 1 saturated heterocycles. The summed E-state index contributed by atoms with van der Waals surface area (Å²) < 4.78 is 45.8. The normalized spacial score (nSPS) is 16.6. The van der Waals surface area contributed by atoms with Crippen LogP contribution in [0.5, 0.6) is 0 Å². The van der Waals surface area contributed by atoms with Gasteiger partial charge in [0.05, 0.1) is 0 Å². The third-order valence-electron chi connectivity index (χ3n) is 3.81. The van der Waals surface area contributed by atoms with Crippen LogP contribution >= 0.6 is 0 Å². The van der Waals surface area contributed by atoms with Crippen molar-refractivity contribution >= 4 is 15.9 Å². The third kappa shape index (κ3) is 4.49. The number of hydrogen-bond acceptors (Lipinski definition) is 4. The Kier molecular flexibility index (Phi) is 5.72. The summed E-state index contributed by atoms with van der Waals surface area (Å²) in [7, 11) is -2.46. The molecule has 0 unspecified atom stereocenters. The lowest BCUT2D eigenvalue weighted by Crippen LogP contribution is -2.47. The Labute approximate surface area is 135 Å². The Morgan fingerprint density at radius 3 is 2.61 bits per heavy atom. The number of hydrogen-bond donors (Lipinski definition) is 1. The van der Waals surface area contributed by atoms with E-state index in [4.69, 9.17) is 4.74 Å². The number of aryl methyl sites for hydroxylation is 1. The summed E-state index contributed by atoms with van der Waals surface area (Å²) in [5.74, 6) is -0.872. The zero-order valence-electron chi connectivity index (χ0n) is 13.2. The SMILES string of the molecule is COCC(=O)N1CCC(NS(=O)(=O)c2ccc(C)cc2F)CC1. The van der Waals surface area contributed by atoms with Crippen molar-refractivity contribution in [2.24, 2.45) is 0 Å². The molecule has 0 bridgehead atoms. The fraction of sp³-hybridized carbons (Fsp3) is 0.533. The molecule has 6 nitrogen and oxygen atoms in total. The number of rotatable bonds is 5. The van der Waals surface area contributed by atoms with Crippen LogP contribution in [0.3, 0.4) is 0 Å². The van der Waals surface area contributed by atoms with Gasteiger partial charge in [-0.1, -0.05) is 6.07 Å². The molecule has 128 valence electrons. The Morgan fingerprint density at radius 2 is 2.04 bits per heavy atom. The molecule has 0 aliphatic carbocycles. The second kappa shape index (κ2) is 7.37. The molecule has 0 spiro atoms. The minimum Gasteiger partial charge on any atom is -0.375 e. The van der Waals surface area contributed by atoms with Crippen LogP contribution in [0.25, 0.3) is 0 Å². The average Bonchev–Trinajstić information content (AvgIpc) is 2.47. The lowest BCUT2D eigenvalue weighted by Gasteiger charge is -2.32. The van der Waals surface area contributed by atoms with Crippen molar-refractivity contribution in [3.8, 4) is 0 Å². The maximum atomic E-state index is 13.9. The molecular weight excluding hydrogens is 323 g/mol. The van der Waals surface area contributed by atoms with Gasteiger partial charge in [-0.05, 0) is 37.5 Å². The maximum Gasteiger partial charge on any atom is 0.248 e. The van der Waals surface area contributed by atoms with Crippen LogP contribution in [0, 0.1) is 12.7 Å². The molecule has 1 amide bonds. The first-order valence-electron chi connectivity index (χ1n) is 7.38. The minimum absolute atomic E-state index is 0.0188. The number of carbonyl (C=O) groups is 1. The molecule has 0 aromatic heterocycles. The second-order valence-corrected chi connectivity index (χ2v) is 7.33. The smallest absolute Gasteiger partial charge is 0.248 e. The first-order chi connectivity index (χ1) is 10.8. The summed E-state index contributed by atoms with van der Waals surface area (Å²) >= 11 is 0. The molecule has 1 aliphatic rings. The third-order valence-corrected chi connectivity index (χ3v) is 5.37. The summed E-state index contributed by atoms with van der Waals surface area (Å²) in [6.07, 6.45) is 0.977. The largest absolute Gasteiger partial charge is 0.375 e. The molecule has 2 rings (SSSR count). The van der Waals surface area contributed by atoms with Crippen LogP contribution in [-0.4, -0.2) is 52.1 Å². The van der Waals surface area contributed by atoms with Crippen molar-refractivity contribution in [1.29, 1.82) is 0 Å². The van der Waals surface area contributed by atoms with Crippen molar-refractivity contribution in [3.05, 3.63) is 29.6 Å². The summed E-state index contributed by atoms with van der Waals surface area (Å²) in [5, 5.41) is 0. The molecule has 1 heterocycles. The molecule has 0 atom stereocenters. The summed E-state index contributed by atoms with van der Waals surface area (Å²) in [4.78, 5) is 13.0. The maximum absolute atomic E-state index is 13.9. The highest BCUT2D eigenvalue weighted by molar-refractivity contribution is 7.89. The molecule has 1 aromatic rings. The lowest BCUT2D eigenvalue weighted by atomic mass is 10.1. The highest BCUT2D eigenvalue weighted by Crippen LogP contribution is 2.18. The molecule has 1 aliphatic heterocycles. The average molecular weight is 344 g/mol. The predicted octanol–water partition coefficient (Wildman–Crippen LogP) is 1.05. The Balaban J connectivity index is 1.99.